The van der Waals surface area contributed by atoms with Crippen molar-refractivity contribution in [1.82, 2.24) is 0 Å². The highest BCUT2D eigenvalue weighted by atomic mass is 32.1. The largest absolute Gasteiger partial charge is 0.448 e. The van der Waals surface area contributed by atoms with E-state index in [0.717, 1.165) is 37.0 Å². The predicted molar refractivity (Wildman–Crippen MR) is 86.2 cm³/mol. The third-order valence-corrected chi connectivity index (χ3v) is 5.01. The summed E-state index contributed by atoms with van der Waals surface area (Å²) < 4.78 is 31.5. The van der Waals surface area contributed by atoms with Crippen molar-refractivity contribution in [2.45, 2.75) is 32.3 Å². The zero-order valence-corrected chi connectivity index (χ0v) is 13.7. The molecule has 0 saturated heterocycles. The quantitative estimate of drug-likeness (QED) is 0.855. The molecule has 1 aromatic heterocycles. The number of hydrogen-bond donors (Lipinski definition) is 1. The molecule has 0 radical (unpaired) electrons. The van der Waals surface area contributed by atoms with Crippen LogP contribution in [0.2, 0.25) is 0 Å². The lowest BCUT2D eigenvalue weighted by Crippen LogP contribution is -2.30. The van der Waals surface area contributed by atoms with Crippen LogP contribution in [0.15, 0.2) is 24.3 Å². The van der Waals surface area contributed by atoms with Crippen LogP contribution in [-0.2, 0) is 22.4 Å². The smallest absolute Gasteiger partial charge is 0.349 e. The average molecular weight is 351 g/mol. The molecule has 0 unspecified atom stereocenters. The Morgan fingerprint density at radius 1 is 1.25 bits per heavy atom. The maximum absolute atomic E-state index is 13.5. The SMILES string of the molecule is C[C@@H](OC(=O)c1cc2c(s1)CCC2)C(=O)Nc1ccc(F)cc1F. The molecule has 0 bridgehead atoms. The van der Waals surface area contributed by atoms with Crippen molar-refractivity contribution >= 4 is 28.9 Å². The third-order valence-electron chi connectivity index (χ3n) is 3.79. The van der Waals surface area contributed by atoms with Gasteiger partial charge in [0, 0.05) is 10.9 Å². The highest BCUT2D eigenvalue weighted by Crippen LogP contribution is 2.31. The van der Waals surface area contributed by atoms with Gasteiger partial charge >= 0.3 is 5.97 Å². The lowest BCUT2D eigenvalue weighted by Gasteiger charge is -2.13. The second kappa shape index (κ2) is 6.68. The van der Waals surface area contributed by atoms with Gasteiger partial charge < -0.3 is 10.1 Å². The van der Waals surface area contributed by atoms with Gasteiger partial charge in [0.2, 0.25) is 0 Å². The molecule has 1 aliphatic carbocycles. The number of benzene rings is 1. The summed E-state index contributed by atoms with van der Waals surface area (Å²) >= 11 is 1.38. The minimum absolute atomic E-state index is 0.167. The van der Waals surface area contributed by atoms with E-state index >= 15 is 0 Å². The Balaban J connectivity index is 1.61. The molecule has 1 amide bonds. The molecule has 1 aromatic carbocycles. The lowest BCUT2D eigenvalue weighted by molar-refractivity contribution is -0.123. The summed E-state index contributed by atoms with van der Waals surface area (Å²) in [4.78, 5) is 25.8. The van der Waals surface area contributed by atoms with Gasteiger partial charge in [-0.05, 0) is 49.9 Å². The Labute approximate surface area is 141 Å². The monoisotopic (exact) mass is 351 g/mol. The fourth-order valence-corrected chi connectivity index (χ4v) is 3.66. The molecule has 24 heavy (non-hydrogen) atoms. The summed E-state index contributed by atoms with van der Waals surface area (Å²) in [5.74, 6) is -2.89. The Kier molecular flexibility index (Phi) is 4.62. The van der Waals surface area contributed by atoms with Gasteiger partial charge in [-0.25, -0.2) is 13.6 Å². The predicted octanol–water partition coefficient (Wildman–Crippen LogP) is 3.70. The van der Waals surface area contributed by atoms with E-state index in [1.54, 1.807) is 6.07 Å². The first-order valence-electron chi connectivity index (χ1n) is 7.52. The number of carbonyl (C=O) groups is 2. The summed E-state index contributed by atoms with van der Waals surface area (Å²) in [6.45, 7) is 1.40. The fraction of sp³-hybridized carbons (Fsp3) is 0.294. The van der Waals surface area contributed by atoms with Crippen LogP contribution in [-0.4, -0.2) is 18.0 Å². The minimum Gasteiger partial charge on any atom is -0.448 e. The first-order valence-corrected chi connectivity index (χ1v) is 8.34. The van der Waals surface area contributed by atoms with E-state index in [0.29, 0.717) is 10.9 Å². The van der Waals surface area contributed by atoms with Crippen molar-refractivity contribution in [2.75, 3.05) is 5.32 Å². The summed E-state index contributed by atoms with van der Waals surface area (Å²) in [6.07, 6.45) is 1.92. The molecule has 1 heterocycles. The zero-order valence-electron chi connectivity index (χ0n) is 12.9. The number of amides is 1. The van der Waals surface area contributed by atoms with Crippen LogP contribution in [0, 0.1) is 11.6 Å². The number of esters is 1. The maximum atomic E-state index is 13.5. The second-order valence-corrected chi connectivity index (χ2v) is 6.71. The summed E-state index contributed by atoms with van der Waals surface area (Å²) in [5, 5.41) is 2.28. The Hall–Kier alpha value is -2.28. The maximum Gasteiger partial charge on any atom is 0.349 e. The normalized spacial score (nSPS) is 14.1. The number of hydrogen-bond acceptors (Lipinski definition) is 4. The molecule has 1 atom stereocenters. The van der Waals surface area contributed by atoms with Gasteiger partial charge in [0.05, 0.1) is 5.69 Å². The second-order valence-electron chi connectivity index (χ2n) is 5.57. The fourth-order valence-electron chi connectivity index (χ4n) is 2.53. The van der Waals surface area contributed by atoms with Crippen molar-refractivity contribution in [3.63, 3.8) is 0 Å². The number of carbonyl (C=O) groups excluding carboxylic acids is 2. The first-order chi connectivity index (χ1) is 11.4. The number of anilines is 1. The standard InChI is InChI=1S/C17H15F2NO3S/c1-9(16(21)20-13-6-5-11(18)8-12(13)19)23-17(22)15-7-10-3-2-4-14(10)24-15/h5-9H,2-4H2,1H3,(H,20,21)/t9-/m1/s1. The number of aryl methyl sites for hydroxylation is 2. The molecule has 4 nitrogen and oxygen atoms in total. The van der Waals surface area contributed by atoms with Crippen molar-refractivity contribution < 1.29 is 23.1 Å². The molecule has 1 N–H and O–H groups in total. The number of fused-ring (bicyclic) bond motifs is 1. The number of nitrogens with one attached hydrogen (secondary N) is 1. The number of rotatable bonds is 4. The van der Waals surface area contributed by atoms with Crippen LogP contribution < -0.4 is 5.32 Å². The van der Waals surface area contributed by atoms with Crippen molar-refractivity contribution in [3.8, 4) is 0 Å². The summed E-state index contributed by atoms with van der Waals surface area (Å²) in [7, 11) is 0. The molecular weight excluding hydrogens is 336 g/mol. The van der Waals surface area contributed by atoms with Gasteiger partial charge in [0.25, 0.3) is 5.91 Å². The number of halogens is 2. The van der Waals surface area contributed by atoms with E-state index in [1.165, 1.54) is 23.1 Å². The number of ether oxygens (including phenoxy) is 1. The van der Waals surface area contributed by atoms with Crippen molar-refractivity contribution in [2.24, 2.45) is 0 Å². The van der Waals surface area contributed by atoms with Crippen LogP contribution in [0.1, 0.15) is 33.5 Å². The lowest BCUT2D eigenvalue weighted by atomic mass is 10.2. The molecule has 7 heteroatoms. The number of thiophene rings is 1. The highest BCUT2D eigenvalue weighted by molar-refractivity contribution is 7.14. The molecule has 3 rings (SSSR count). The molecule has 0 fully saturated rings. The van der Waals surface area contributed by atoms with Crippen molar-refractivity contribution in [3.05, 3.63) is 51.2 Å². The first kappa shape index (κ1) is 16.6. The van der Waals surface area contributed by atoms with E-state index in [9.17, 15) is 18.4 Å². The van der Waals surface area contributed by atoms with E-state index in [1.807, 2.05) is 0 Å². The van der Waals surface area contributed by atoms with Gasteiger partial charge in [-0.2, -0.15) is 0 Å². The molecule has 0 aliphatic heterocycles. The van der Waals surface area contributed by atoms with E-state index in [-0.39, 0.29) is 5.69 Å². The van der Waals surface area contributed by atoms with Gasteiger partial charge in [-0.1, -0.05) is 0 Å². The molecule has 2 aromatic rings. The summed E-state index contributed by atoms with van der Waals surface area (Å²) in [6, 6.07) is 4.61. The van der Waals surface area contributed by atoms with Gasteiger partial charge in [-0.15, -0.1) is 11.3 Å². The van der Waals surface area contributed by atoms with Gasteiger partial charge in [0.1, 0.15) is 16.5 Å². The highest BCUT2D eigenvalue weighted by Gasteiger charge is 2.23. The summed E-state index contributed by atoms with van der Waals surface area (Å²) in [5.41, 5.74) is 0.997. The van der Waals surface area contributed by atoms with E-state index in [4.69, 9.17) is 4.74 Å². The molecular formula is C17H15F2NO3S. The van der Waals surface area contributed by atoms with Crippen LogP contribution in [0.5, 0.6) is 0 Å². The van der Waals surface area contributed by atoms with Crippen LogP contribution in [0.25, 0.3) is 0 Å². The zero-order chi connectivity index (χ0) is 17.3. The average Bonchev–Trinajstić information content (AvgIpc) is 3.11. The topological polar surface area (TPSA) is 55.4 Å². The van der Waals surface area contributed by atoms with Crippen LogP contribution in [0.4, 0.5) is 14.5 Å². The van der Waals surface area contributed by atoms with Crippen LogP contribution >= 0.6 is 11.3 Å². The van der Waals surface area contributed by atoms with Gasteiger partial charge in [-0.3, -0.25) is 4.79 Å². The Bertz CT molecular complexity index is 782. The van der Waals surface area contributed by atoms with Crippen LogP contribution in [0.3, 0.4) is 0 Å². The minimum atomic E-state index is -1.10. The molecule has 0 spiro atoms. The molecule has 1 aliphatic rings. The van der Waals surface area contributed by atoms with Crippen molar-refractivity contribution in [1.29, 1.82) is 0 Å². The van der Waals surface area contributed by atoms with E-state index in [2.05, 4.69) is 5.32 Å². The van der Waals surface area contributed by atoms with E-state index < -0.39 is 29.6 Å². The molecule has 126 valence electrons. The third kappa shape index (κ3) is 3.46. The molecule has 0 saturated carbocycles. The Morgan fingerprint density at radius 3 is 2.75 bits per heavy atom. The Morgan fingerprint density at radius 2 is 2.04 bits per heavy atom. The van der Waals surface area contributed by atoms with Gasteiger partial charge in [0.15, 0.2) is 6.10 Å².